The predicted molar refractivity (Wildman–Crippen MR) is 90.4 cm³/mol. The van der Waals surface area contributed by atoms with Crippen molar-refractivity contribution in [3.8, 4) is 11.3 Å². The molecule has 0 N–H and O–H groups in total. The van der Waals surface area contributed by atoms with E-state index in [0.717, 1.165) is 24.1 Å². The Morgan fingerprint density at radius 2 is 1.84 bits per heavy atom. The molecule has 3 rings (SSSR count). The van der Waals surface area contributed by atoms with Crippen LogP contribution in [-0.2, 0) is 19.8 Å². The molecule has 0 fully saturated rings. The van der Waals surface area contributed by atoms with Crippen LogP contribution in [0, 0.1) is 6.92 Å². The van der Waals surface area contributed by atoms with Gasteiger partial charge in [0.05, 0.1) is 22.3 Å². The maximum Gasteiger partial charge on any atom is 0.416 e. The van der Waals surface area contributed by atoms with Gasteiger partial charge >= 0.3 is 11.9 Å². The first-order chi connectivity index (χ1) is 11.7. The van der Waals surface area contributed by atoms with Crippen LogP contribution in [0.3, 0.4) is 0 Å². The number of halogens is 3. The molecule has 132 valence electrons. The van der Waals surface area contributed by atoms with Crippen LogP contribution in [0.1, 0.15) is 24.6 Å². The van der Waals surface area contributed by atoms with Crippen molar-refractivity contribution < 1.29 is 13.2 Å². The van der Waals surface area contributed by atoms with Crippen molar-refractivity contribution in [2.75, 3.05) is 0 Å². The lowest BCUT2D eigenvalue weighted by atomic mass is 10.1. The van der Waals surface area contributed by atoms with Crippen molar-refractivity contribution in [1.82, 2.24) is 14.1 Å². The maximum absolute atomic E-state index is 13.0. The molecule has 3 aromatic rings. The van der Waals surface area contributed by atoms with Crippen molar-refractivity contribution in [3.63, 3.8) is 0 Å². The third-order valence-electron chi connectivity index (χ3n) is 4.17. The minimum atomic E-state index is -4.43. The number of rotatable bonds is 3. The molecule has 0 saturated carbocycles. The van der Waals surface area contributed by atoms with E-state index in [1.807, 2.05) is 6.92 Å². The molecule has 0 saturated heterocycles. The summed E-state index contributed by atoms with van der Waals surface area (Å²) in [5.41, 5.74) is 1.66. The summed E-state index contributed by atoms with van der Waals surface area (Å²) in [6.07, 6.45) is -3.61. The minimum absolute atomic E-state index is 0.137. The van der Waals surface area contributed by atoms with Gasteiger partial charge in [0, 0.05) is 24.8 Å². The highest BCUT2D eigenvalue weighted by molar-refractivity contribution is 5.82. The molecule has 0 amide bonds. The largest absolute Gasteiger partial charge is 0.416 e. The molecule has 0 radical (unpaired) electrons. The number of fused-ring (bicyclic) bond motifs is 1. The van der Waals surface area contributed by atoms with Crippen molar-refractivity contribution in [2.24, 2.45) is 7.05 Å². The Balaban J connectivity index is 2.20. The highest BCUT2D eigenvalue weighted by Gasteiger charge is 2.31. The van der Waals surface area contributed by atoms with E-state index in [1.54, 1.807) is 29.8 Å². The summed E-state index contributed by atoms with van der Waals surface area (Å²) >= 11 is 0. The monoisotopic (exact) mass is 349 g/mol. The van der Waals surface area contributed by atoms with Crippen molar-refractivity contribution in [1.29, 1.82) is 0 Å². The quantitative estimate of drug-likeness (QED) is 0.713. The standard InChI is InChI=1S/C18H18F3N3O/c1-4-7-24-15-6-5-12(9-16(15)23(3)17(24)25)14-10-13(18(19,20)21)8-11(2)22-14/h5-6,8-10H,4,7H2,1-3H3. The second-order valence-electron chi connectivity index (χ2n) is 6.08. The lowest BCUT2D eigenvalue weighted by molar-refractivity contribution is -0.137. The predicted octanol–water partition coefficient (Wildman–Crippen LogP) is 4.14. The molecule has 7 heteroatoms. The lowest BCUT2D eigenvalue weighted by Gasteiger charge is -2.10. The van der Waals surface area contributed by atoms with Crippen molar-refractivity contribution >= 4 is 11.0 Å². The van der Waals surface area contributed by atoms with E-state index in [0.29, 0.717) is 23.3 Å². The summed E-state index contributed by atoms with van der Waals surface area (Å²) in [6, 6.07) is 7.24. The SMILES string of the molecule is CCCn1c(=O)n(C)c2cc(-c3cc(C(F)(F)F)cc(C)n3)ccc21. The van der Waals surface area contributed by atoms with E-state index in [4.69, 9.17) is 0 Å². The number of imidazole rings is 1. The number of aryl methyl sites for hydroxylation is 3. The van der Waals surface area contributed by atoms with Gasteiger partial charge in [0.15, 0.2) is 0 Å². The van der Waals surface area contributed by atoms with Crippen LogP contribution in [0.5, 0.6) is 0 Å². The van der Waals surface area contributed by atoms with E-state index >= 15 is 0 Å². The smallest absolute Gasteiger partial charge is 0.295 e. The number of pyridine rings is 1. The molecule has 0 atom stereocenters. The van der Waals surface area contributed by atoms with Crippen LogP contribution in [0.15, 0.2) is 35.1 Å². The molecule has 25 heavy (non-hydrogen) atoms. The lowest BCUT2D eigenvalue weighted by Crippen LogP contribution is -2.21. The Morgan fingerprint density at radius 1 is 1.12 bits per heavy atom. The van der Waals surface area contributed by atoms with Crippen LogP contribution in [0.2, 0.25) is 0 Å². The number of aromatic nitrogens is 3. The highest BCUT2D eigenvalue weighted by Crippen LogP contribution is 2.32. The van der Waals surface area contributed by atoms with Gasteiger partial charge in [0.2, 0.25) is 0 Å². The normalized spacial score (nSPS) is 12.1. The van der Waals surface area contributed by atoms with Gasteiger partial charge in [-0.25, -0.2) is 4.79 Å². The third kappa shape index (κ3) is 3.06. The van der Waals surface area contributed by atoms with E-state index < -0.39 is 11.7 Å². The first-order valence-corrected chi connectivity index (χ1v) is 7.98. The fourth-order valence-electron chi connectivity index (χ4n) is 2.99. The summed E-state index contributed by atoms with van der Waals surface area (Å²) in [5.74, 6) is 0. The number of hydrogen-bond acceptors (Lipinski definition) is 2. The van der Waals surface area contributed by atoms with Gasteiger partial charge < -0.3 is 0 Å². The first kappa shape index (κ1) is 17.3. The summed E-state index contributed by atoms with van der Waals surface area (Å²) in [6.45, 7) is 4.11. The zero-order valence-corrected chi connectivity index (χ0v) is 14.2. The Labute approximate surface area is 142 Å². The molecule has 2 aromatic heterocycles. The fourth-order valence-corrected chi connectivity index (χ4v) is 2.99. The average Bonchev–Trinajstić information content (AvgIpc) is 2.78. The summed E-state index contributed by atoms with van der Waals surface area (Å²) in [4.78, 5) is 16.6. The highest BCUT2D eigenvalue weighted by atomic mass is 19.4. The molecule has 0 bridgehead atoms. The van der Waals surface area contributed by atoms with Gasteiger partial charge in [-0.15, -0.1) is 0 Å². The van der Waals surface area contributed by atoms with E-state index in [-0.39, 0.29) is 11.4 Å². The Bertz CT molecular complexity index is 999. The third-order valence-corrected chi connectivity index (χ3v) is 4.17. The van der Waals surface area contributed by atoms with Gasteiger partial charge in [-0.3, -0.25) is 14.1 Å². The molecule has 0 spiro atoms. The second-order valence-corrected chi connectivity index (χ2v) is 6.08. The van der Waals surface area contributed by atoms with Crippen molar-refractivity contribution in [2.45, 2.75) is 33.0 Å². The van der Waals surface area contributed by atoms with Gasteiger partial charge in [-0.1, -0.05) is 13.0 Å². The van der Waals surface area contributed by atoms with Gasteiger partial charge in [-0.2, -0.15) is 13.2 Å². The number of benzene rings is 1. The van der Waals surface area contributed by atoms with Crippen LogP contribution in [0.4, 0.5) is 13.2 Å². The fraction of sp³-hybridized carbons (Fsp3) is 0.333. The zero-order chi connectivity index (χ0) is 18.4. The summed E-state index contributed by atoms with van der Waals surface area (Å²) < 4.78 is 42.3. The van der Waals surface area contributed by atoms with Crippen LogP contribution >= 0.6 is 0 Å². The van der Waals surface area contributed by atoms with Crippen LogP contribution in [0.25, 0.3) is 22.3 Å². The molecule has 0 aliphatic heterocycles. The molecule has 1 aromatic carbocycles. The molecule has 0 aliphatic rings. The topological polar surface area (TPSA) is 39.8 Å². The van der Waals surface area contributed by atoms with Gasteiger partial charge in [0.25, 0.3) is 0 Å². The van der Waals surface area contributed by atoms with E-state index in [9.17, 15) is 18.0 Å². The van der Waals surface area contributed by atoms with Gasteiger partial charge in [-0.05, 0) is 37.6 Å². The minimum Gasteiger partial charge on any atom is -0.295 e. The van der Waals surface area contributed by atoms with E-state index in [1.165, 1.54) is 11.5 Å². The molecular weight excluding hydrogens is 331 g/mol. The average molecular weight is 349 g/mol. The summed E-state index contributed by atoms with van der Waals surface area (Å²) in [5, 5.41) is 0. The summed E-state index contributed by atoms with van der Waals surface area (Å²) in [7, 11) is 1.66. The maximum atomic E-state index is 13.0. The van der Waals surface area contributed by atoms with E-state index in [2.05, 4.69) is 4.98 Å². The first-order valence-electron chi connectivity index (χ1n) is 7.98. The van der Waals surface area contributed by atoms with Gasteiger partial charge in [0.1, 0.15) is 0 Å². The number of hydrogen-bond donors (Lipinski definition) is 0. The molecule has 0 unspecified atom stereocenters. The second kappa shape index (κ2) is 6.06. The molecule has 0 aliphatic carbocycles. The zero-order valence-electron chi connectivity index (χ0n) is 14.2. The Morgan fingerprint density at radius 3 is 2.48 bits per heavy atom. The van der Waals surface area contributed by atoms with Crippen LogP contribution < -0.4 is 5.69 Å². The Hall–Kier alpha value is -2.57. The molecular formula is C18H18F3N3O. The molecule has 2 heterocycles. The number of nitrogens with zero attached hydrogens (tertiary/aromatic N) is 3. The van der Waals surface area contributed by atoms with Crippen LogP contribution in [-0.4, -0.2) is 14.1 Å². The molecule has 4 nitrogen and oxygen atoms in total. The Kier molecular flexibility index (Phi) is 4.18. The number of alkyl halides is 3. The van der Waals surface area contributed by atoms with Crippen molar-refractivity contribution in [3.05, 3.63) is 52.1 Å².